The van der Waals surface area contributed by atoms with Crippen molar-refractivity contribution in [2.24, 2.45) is 0 Å². The van der Waals surface area contributed by atoms with Gasteiger partial charge in [-0.1, -0.05) is 0 Å². The summed E-state index contributed by atoms with van der Waals surface area (Å²) in [6, 6.07) is 0. The van der Waals surface area contributed by atoms with Gasteiger partial charge in [-0.3, -0.25) is 4.79 Å². The standard InChI is InChI=1S/C4H6O4/c5-3-1-2-4(6)8-7/h1-4,6-7H/b2-1+. The molecule has 0 aliphatic rings. The van der Waals surface area contributed by atoms with E-state index in [4.69, 9.17) is 10.4 Å². The molecule has 0 aromatic heterocycles. The molecule has 8 heavy (non-hydrogen) atoms. The second-order valence-electron chi connectivity index (χ2n) is 1.02. The monoisotopic (exact) mass is 118 g/mol. The first-order chi connectivity index (χ1) is 3.81. The maximum Gasteiger partial charge on any atom is 0.208 e. The van der Waals surface area contributed by atoms with Gasteiger partial charge < -0.3 is 5.11 Å². The summed E-state index contributed by atoms with van der Waals surface area (Å²) in [5.74, 6) is 0. The van der Waals surface area contributed by atoms with Crippen LogP contribution < -0.4 is 0 Å². The Morgan fingerprint density at radius 1 is 1.62 bits per heavy atom. The van der Waals surface area contributed by atoms with Gasteiger partial charge in [0, 0.05) is 0 Å². The topological polar surface area (TPSA) is 66.8 Å². The molecule has 0 fully saturated rings. The zero-order valence-corrected chi connectivity index (χ0v) is 4.02. The van der Waals surface area contributed by atoms with Gasteiger partial charge in [0.1, 0.15) is 6.29 Å². The predicted octanol–water partition coefficient (Wildman–Crippen LogP) is -0.451. The van der Waals surface area contributed by atoms with Crippen LogP contribution in [0.1, 0.15) is 0 Å². The lowest BCUT2D eigenvalue weighted by atomic mass is 10.5. The summed E-state index contributed by atoms with van der Waals surface area (Å²) in [6.07, 6.45) is 1.07. The maximum atomic E-state index is 9.49. The number of hydrogen-bond acceptors (Lipinski definition) is 4. The summed E-state index contributed by atoms with van der Waals surface area (Å²) in [7, 11) is 0. The molecule has 0 saturated carbocycles. The molecule has 0 radical (unpaired) electrons. The third-order valence-electron chi connectivity index (χ3n) is 0.462. The fourth-order valence-corrected chi connectivity index (χ4v) is 0.176. The van der Waals surface area contributed by atoms with E-state index in [2.05, 4.69) is 4.89 Å². The molecule has 1 atom stereocenters. The second kappa shape index (κ2) is 4.45. The molecule has 0 aromatic rings. The van der Waals surface area contributed by atoms with Gasteiger partial charge in [-0.05, 0) is 12.2 Å². The van der Waals surface area contributed by atoms with E-state index in [1.165, 1.54) is 0 Å². The van der Waals surface area contributed by atoms with Crippen LogP contribution in [0.2, 0.25) is 0 Å². The van der Waals surface area contributed by atoms with Gasteiger partial charge in [0.25, 0.3) is 0 Å². The molecule has 4 heteroatoms. The number of aldehydes is 1. The van der Waals surface area contributed by atoms with Crippen molar-refractivity contribution in [3.63, 3.8) is 0 Å². The zero-order valence-electron chi connectivity index (χ0n) is 4.02. The molecular formula is C4H6O4. The van der Waals surface area contributed by atoms with E-state index in [0.29, 0.717) is 6.29 Å². The molecule has 0 bridgehead atoms. The smallest absolute Gasteiger partial charge is 0.208 e. The van der Waals surface area contributed by atoms with Crippen molar-refractivity contribution in [1.82, 2.24) is 0 Å². The van der Waals surface area contributed by atoms with Crippen LogP contribution >= 0.6 is 0 Å². The molecule has 0 rings (SSSR count). The molecule has 4 nitrogen and oxygen atoms in total. The molecule has 1 unspecified atom stereocenters. The fraction of sp³-hybridized carbons (Fsp3) is 0.250. The Morgan fingerprint density at radius 2 is 2.25 bits per heavy atom. The maximum absolute atomic E-state index is 9.49. The summed E-state index contributed by atoms with van der Waals surface area (Å²) < 4.78 is 0. The minimum absolute atomic E-state index is 0.461. The predicted molar refractivity (Wildman–Crippen MR) is 24.9 cm³/mol. The van der Waals surface area contributed by atoms with Crippen molar-refractivity contribution in [3.8, 4) is 0 Å². The van der Waals surface area contributed by atoms with Crippen molar-refractivity contribution in [3.05, 3.63) is 12.2 Å². The highest BCUT2D eigenvalue weighted by molar-refractivity contribution is 5.64. The summed E-state index contributed by atoms with van der Waals surface area (Å²) in [4.78, 5) is 12.9. The molecular weight excluding hydrogens is 112 g/mol. The number of carbonyl (C=O) groups excluding carboxylic acids is 1. The van der Waals surface area contributed by atoms with Gasteiger partial charge in [-0.15, -0.1) is 0 Å². The van der Waals surface area contributed by atoms with Gasteiger partial charge in [-0.2, -0.15) is 0 Å². The first-order valence-corrected chi connectivity index (χ1v) is 1.91. The van der Waals surface area contributed by atoms with Gasteiger partial charge >= 0.3 is 0 Å². The highest BCUT2D eigenvalue weighted by Gasteiger charge is 1.91. The largest absolute Gasteiger partial charge is 0.363 e. The first-order valence-electron chi connectivity index (χ1n) is 1.91. The summed E-state index contributed by atoms with van der Waals surface area (Å²) in [5, 5.41) is 15.9. The number of hydrogen-bond donors (Lipinski definition) is 2. The van der Waals surface area contributed by atoms with Crippen LogP contribution in [0.3, 0.4) is 0 Å². The average molecular weight is 118 g/mol. The van der Waals surface area contributed by atoms with Gasteiger partial charge in [0.15, 0.2) is 0 Å². The number of aliphatic hydroxyl groups is 1. The van der Waals surface area contributed by atoms with Crippen LogP contribution in [0.15, 0.2) is 12.2 Å². The van der Waals surface area contributed by atoms with Crippen LogP contribution in [0.4, 0.5) is 0 Å². The van der Waals surface area contributed by atoms with Crippen LogP contribution in [-0.2, 0) is 9.68 Å². The van der Waals surface area contributed by atoms with Crippen molar-refractivity contribution in [2.45, 2.75) is 6.29 Å². The van der Waals surface area contributed by atoms with Crippen LogP contribution in [0.5, 0.6) is 0 Å². The number of aliphatic hydroxyl groups excluding tert-OH is 1. The summed E-state index contributed by atoms with van der Waals surface area (Å²) in [6.45, 7) is 0. The van der Waals surface area contributed by atoms with Crippen molar-refractivity contribution >= 4 is 6.29 Å². The van der Waals surface area contributed by atoms with Crippen molar-refractivity contribution in [1.29, 1.82) is 0 Å². The van der Waals surface area contributed by atoms with Crippen LogP contribution in [0, 0.1) is 0 Å². The highest BCUT2D eigenvalue weighted by Crippen LogP contribution is 1.81. The molecule has 0 aliphatic carbocycles. The van der Waals surface area contributed by atoms with E-state index >= 15 is 0 Å². The Bertz CT molecular complexity index is 88.0. The van der Waals surface area contributed by atoms with Crippen LogP contribution in [-0.4, -0.2) is 22.9 Å². The minimum atomic E-state index is -1.40. The fourth-order valence-electron chi connectivity index (χ4n) is 0.176. The quantitative estimate of drug-likeness (QED) is 0.173. The Kier molecular flexibility index (Phi) is 4.05. The first kappa shape index (κ1) is 7.29. The average Bonchev–Trinajstić information content (AvgIpc) is 1.83. The molecule has 0 aromatic carbocycles. The van der Waals surface area contributed by atoms with Gasteiger partial charge in [0.2, 0.25) is 6.29 Å². The van der Waals surface area contributed by atoms with Crippen molar-refractivity contribution < 1.29 is 20.0 Å². The summed E-state index contributed by atoms with van der Waals surface area (Å²) in [5.41, 5.74) is 0. The molecule has 0 spiro atoms. The third kappa shape index (κ3) is 3.48. The zero-order chi connectivity index (χ0) is 6.41. The number of allylic oxidation sites excluding steroid dienone is 1. The van der Waals surface area contributed by atoms with E-state index in [1.807, 2.05) is 0 Å². The van der Waals surface area contributed by atoms with E-state index in [-0.39, 0.29) is 0 Å². The van der Waals surface area contributed by atoms with E-state index < -0.39 is 6.29 Å². The Balaban J connectivity index is 3.35. The lowest BCUT2D eigenvalue weighted by molar-refractivity contribution is -0.317. The second-order valence-corrected chi connectivity index (χ2v) is 1.02. The molecule has 0 amide bonds. The molecule has 46 valence electrons. The lowest BCUT2D eigenvalue weighted by Gasteiger charge is -1.94. The molecule has 0 saturated heterocycles. The van der Waals surface area contributed by atoms with Gasteiger partial charge in [-0.25, -0.2) is 10.1 Å². The Labute approximate surface area is 45.9 Å². The van der Waals surface area contributed by atoms with Gasteiger partial charge in [0.05, 0.1) is 0 Å². The Morgan fingerprint density at radius 3 is 2.62 bits per heavy atom. The molecule has 0 aliphatic heterocycles. The Hall–Kier alpha value is -0.710. The normalized spacial score (nSPS) is 14.2. The van der Waals surface area contributed by atoms with Crippen LogP contribution in [0.25, 0.3) is 0 Å². The lowest BCUT2D eigenvalue weighted by Crippen LogP contribution is -2.03. The van der Waals surface area contributed by atoms with E-state index in [0.717, 1.165) is 12.2 Å². The summed E-state index contributed by atoms with van der Waals surface area (Å²) >= 11 is 0. The van der Waals surface area contributed by atoms with E-state index in [9.17, 15) is 4.79 Å². The number of rotatable bonds is 3. The van der Waals surface area contributed by atoms with Crippen molar-refractivity contribution in [2.75, 3.05) is 0 Å². The third-order valence-corrected chi connectivity index (χ3v) is 0.462. The molecule has 0 heterocycles. The highest BCUT2D eigenvalue weighted by atomic mass is 17.1. The SMILES string of the molecule is O=C/C=C/C(O)OO. The molecule has 2 N–H and O–H groups in total. The number of carbonyl (C=O) groups is 1. The minimum Gasteiger partial charge on any atom is -0.363 e. The van der Waals surface area contributed by atoms with E-state index in [1.54, 1.807) is 0 Å².